The molecule has 1 aromatic rings. The fraction of sp³-hybridized carbons (Fsp3) is 0.467. The molecular weight excluding hydrogens is 254 g/mol. The lowest BCUT2D eigenvalue weighted by atomic mass is 10.1. The Morgan fingerprint density at radius 1 is 1.65 bits per heavy atom. The third-order valence-electron chi connectivity index (χ3n) is 3.37. The van der Waals surface area contributed by atoms with E-state index in [2.05, 4.69) is 10.3 Å². The molecule has 1 aliphatic rings. The number of nitrogens with zero attached hydrogens (tertiary/aromatic N) is 1. The molecule has 1 aliphatic heterocycles. The first-order valence-electron chi connectivity index (χ1n) is 6.78. The summed E-state index contributed by atoms with van der Waals surface area (Å²) in [6.07, 6.45) is 3.68. The van der Waals surface area contributed by atoms with Crippen LogP contribution in [0, 0.1) is 25.2 Å². The average Bonchev–Trinajstić information content (AvgIpc) is 3.03. The predicted molar refractivity (Wildman–Crippen MR) is 75.8 cm³/mol. The van der Waals surface area contributed by atoms with Crippen LogP contribution in [-0.2, 0) is 9.53 Å². The zero-order valence-corrected chi connectivity index (χ0v) is 11.8. The lowest BCUT2D eigenvalue weighted by Gasteiger charge is -2.10. The fourth-order valence-corrected chi connectivity index (χ4v) is 2.31. The van der Waals surface area contributed by atoms with Gasteiger partial charge in [0.05, 0.1) is 6.10 Å². The summed E-state index contributed by atoms with van der Waals surface area (Å²) in [5, 5.41) is 11.9. The van der Waals surface area contributed by atoms with Crippen LogP contribution in [0.4, 0.5) is 0 Å². The molecule has 106 valence electrons. The number of ether oxygens (including phenoxy) is 1. The van der Waals surface area contributed by atoms with Crippen LogP contribution in [0.25, 0.3) is 6.08 Å². The van der Waals surface area contributed by atoms with E-state index in [-0.39, 0.29) is 17.6 Å². The number of hydrogen-bond acceptors (Lipinski definition) is 3. The topological polar surface area (TPSA) is 77.9 Å². The van der Waals surface area contributed by atoms with Crippen molar-refractivity contribution >= 4 is 12.0 Å². The minimum atomic E-state index is -0.346. The van der Waals surface area contributed by atoms with E-state index in [1.165, 1.54) is 0 Å². The van der Waals surface area contributed by atoms with Crippen LogP contribution < -0.4 is 5.32 Å². The smallest absolute Gasteiger partial charge is 0.262 e. The van der Waals surface area contributed by atoms with Gasteiger partial charge >= 0.3 is 0 Å². The number of carbonyl (C=O) groups excluding carboxylic acids is 1. The van der Waals surface area contributed by atoms with E-state index >= 15 is 0 Å². The second-order valence-electron chi connectivity index (χ2n) is 5.05. The fourth-order valence-electron chi connectivity index (χ4n) is 2.31. The monoisotopic (exact) mass is 273 g/mol. The van der Waals surface area contributed by atoms with Crippen molar-refractivity contribution < 1.29 is 9.53 Å². The summed E-state index contributed by atoms with van der Waals surface area (Å²) in [5.41, 5.74) is 2.93. The van der Waals surface area contributed by atoms with Crippen LogP contribution in [0.5, 0.6) is 0 Å². The SMILES string of the molecule is Cc1cc(/C=C(\C#N)C(=O)NC[C@H]2CCCO2)c(C)[nH]1. The molecule has 0 saturated carbocycles. The highest BCUT2D eigenvalue weighted by atomic mass is 16.5. The minimum Gasteiger partial charge on any atom is -0.376 e. The number of carbonyl (C=O) groups is 1. The highest BCUT2D eigenvalue weighted by Gasteiger charge is 2.17. The predicted octanol–water partition coefficient (Wildman–Crippen LogP) is 1.83. The van der Waals surface area contributed by atoms with Crippen molar-refractivity contribution in [1.29, 1.82) is 5.26 Å². The molecule has 0 aromatic carbocycles. The summed E-state index contributed by atoms with van der Waals surface area (Å²) in [4.78, 5) is 15.1. The summed E-state index contributed by atoms with van der Waals surface area (Å²) < 4.78 is 5.44. The molecule has 1 saturated heterocycles. The van der Waals surface area contributed by atoms with Gasteiger partial charge in [0.2, 0.25) is 0 Å². The van der Waals surface area contributed by atoms with Gasteiger partial charge in [-0.05, 0) is 44.4 Å². The zero-order valence-electron chi connectivity index (χ0n) is 11.8. The van der Waals surface area contributed by atoms with Gasteiger partial charge in [0.1, 0.15) is 11.6 Å². The van der Waals surface area contributed by atoms with Crippen molar-refractivity contribution in [3.63, 3.8) is 0 Å². The van der Waals surface area contributed by atoms with Gasteiger partial charge in [-0.25, -0.2) is 0 Å². The van der Waals surface area contributed by atoms with E-state index in [1.807, 2.05) is 26.0 Å². The first kappa shape index (κ1) is 14.4. The Hall–Kier alpha value is -2.06. The Labute approximate surface area is 118 Å². The average molecular weight is 273 g/mol. The van der Waals surface area contributed by atoms with Crippen molar-refractivity contribution in [2.45, 2.75) is 32.8 Å². The summed E-state index contributed by atoms with van der Waals surface area (Å²) in [6.45, 7) is 5.07. The first-order chi connectivity index (χ1) is 9.60. The van der Waals surface area contributed by atoms with Gasteiger partial charge < -0.3 is 15.0 Å². The van der Waals surface area contributed by atoms with Gasteiger partial charge in [0, 0.05) is 24.5 Å². The molecule has 1 fully saturated rings. The molecule has 1 atom stereocenters. The van der Waals surface area contributed by atoms with Crippen LogP contribution in [0.15, 0.2) is 11.6 Å². The number of rotatable bonds is 4. The number of amides is 1. The molecule has 0 unspecified atom stereocenters. The van der Waals surface area contributed by atoms with Crippen LogP contribution in [-0.4, -0.2) is 30.1 Å². The highest BCUT2D eigenvalue weighted by molar-refractivity contribution is 6.01. The Bertz CT molecular complexity index is 560. The molecule has 2 rings (SSSR count). The van der Waals surface area contributed by atoms with E-state index < -0.39 is 0 Å². The largest absolute Gasteiger partial charge is 0.376 e. The number of aromatic nitrogens is 1. The van der Waals surface area contributed by atoms with Gasteiger partial charge in [0.25, 0.3) is 5.91 Å². The Morgan fingerprint density at radius 3 is 3.00 bits per heavy atom. The Morgan fingerprint density at radius 2 is 2.45 bits per heavy atom. The third kappa shape index (κ3) is 3.49. The molecule has 5 heteroatoms. The van der Waals surface area contributed by atoms with Gasteiger partial charge in [-0.2, -0.15) is 5.26 Å². The van der Waals surface area contributed by atoms with Crippen LogP contribution in [0.3, 0.4) is 0 Å². The second-order valence-corrected chi connectivity index (χ2v) is 5.05. The van der Waals surface area contributed by atoms with Gasteiger partial charge in [-0.15, -0.1) is 0 Å². The number of H-pyrrole nitrogens is 1. The molecule has 0 bridgehead atoms. The Kier molecular flexibility index (Phi) is 4.59. The highest BCUT2D eigenvalue weighted by Crippen LogP contribution is 2.14. The Balaban J connectivity index is 2.01. The minimum absolute atomic E-state index is 0.0788. The van der Waals surface area contributed by atoms with Gasteiger partial charge in [-0.3, -0.25) is 4.79 Å². The normalized spacial score (nSPS) is 18.9. The lowest BCUT2D eigenvalue weighted by Crippen LogP contribution is -2.32. The van der Waals surface area contributed by atoms with Crippen molar-refractivity contribution in [3.05, 3.63) is 28.6 Å². The van der Waals surface area contributed by atoms with Gasteiger partial charge in [-0.1, -0.05) is 0 Å². The van der Waals surface area contributed by atoms with E-state index in [4.69, 9.17) is 10.00 Å². The van der Waals surface area contributed by atoms with Gasteiger partial charge in [0.15, 0.2) is 0 Å². The molecule has 5 nitrogen and oxygen atoms in total. The van der Waals surface area contributed by atoms with Crippen molar-refractivity contribution in [2.75, 3.05) is 13.2 Å². The summed E-state index contributed by atoms with van der Waals surface area (Å²) in [6, 6.07) is 3.87. The maximum Gasteiger partial charge on any atom is 0.262 e. The molecule has 0 aliphatic carbocycles. The van der Waals surface area contributed by atoms with E-state index in [0.29, 0.717) is 6.54 Å². The van der Waals surface area contributed by atoms with Crippen molar-refractivity contribution in [1.82, 2.24) is 10.3 Å². The van der Waals surface area contributed by atoms with Crippen molar-refractivity contribution in [2.24, 2.45) is 0 Å². The molecule has 20 heavy (non-hydrogen) atoms. The molecule has 1 aromatic heterocycles. The summed E-state index contributed by atoms with van der Waals surface area (Å²) in [7, 11) is 0. The van der Waals surface area contributed by atoms with E-state index in [1.54, 1.807) is 6.08 Å². The summed E-state index contributed by atoms with van der Waals surface area (Å²) >= 11 is 0. The zero-order chi connectivity index (χ0) is 14.5. The number of nitrogens with one attached hydrogen (secondary N) is 2. The maximum absolute atomic E-state index is 12.0. The third-order valence-corrected chi connectivity index (χ3v) is 3.37. The quantitative estimate of drug-likeness (QED) is 0.649. The molecule has 0 radical (unpaired) electrons. The molecule has 2 heterocycles. The molecule has 0 spiro atoms. The lowest BCUT2D eigenvalue weighted by molar-refractivity contribution is -0.117. The van der Waals surface area contributed by atoms with E-state index in [0.717, 1.165) is 36.4 Å². The maximum atomic E-state index is 12.0. The molecular formula is C15H19N3O2. The van der Waals surface area contributed by atoms with Crippen LogP contribution in [0.1, 0.15) is 29.8 Å². The van der Waals surface area contributed by atoms with Crippen LogP contribution >= 0.6 is 0 Å². The molecule has 1 amide bonds. The second kappa shape index (κ2) is 6.40. The standard InChI is InChI=1S/C15H19N3O2/c1-10-6-12(11(2)18-10)7-13(8-16)15(19)17-9-14-4-3-5-20-14/h6-7,14,18H,3-5,9H2,1-2H3,(H,17,19)/b13-7+/t14-/m1/s1. The number of aryl methyl sites for hydroxylation is 2. The number of hydrogen-bond donors (Lipinski definition) is 2. The molecule has 2 N–H and O–H groups in total. The summed E-state index contributed by atoms with van der Waals surface area (Å²) in [5.74, 6) is -0.346. The number of aromatic amines is 1. The first-order valence-corrected chi connectivity index (χ1v) is 6.78. The van der Waals surface area contributed by atoms with Crippen LogP contribution in [0.2, 0.25) is 0 Å². The number of nitriles is 1. The van der Waals surface area contributed by atoms with Crippen molar-refractivity contribution in [3.8, 4) is 6.07 Å². The van der Waals surface area contributed by atoms with E-state index in [9.17, 15) is 4.79 Å².